The summed E-state index contributed by atoms with van der Waals surface area (Å²) < 4.78 is 47.6. The highest BCUT2D eigenvalue weighted by atomic mass is 16.7. The van der Waals surface area contributed by atoms with Gasteiger partial charge >= 0.3 is 11.9 Å². The quantitative estimate of drug-likeness (QED) is 0.0304. The van der Waals surface area contributed by atoms with Crippen molar-refractivity contribution in [2.45, 2.75) is 92.8 Å². The SMILES string of the molecule is C=C(C)C(=O)OC.C=CC.C=CC(=O)OC.C=COC.C=Cc1ccc(C)cc1.C=Cc1ccc(OC)cc1.CCC1(COC)COC1.COC1CCCCO1.COCC1CO1.Cc1cc(CO)c(O)c(CO)c1.Cc1ccc(O)cc1. The lowest BCUT2D eigenvalue weighted by molar-refractivity contribution is -0.145. The van der Waals surface area contributed by atoms with Crippen molar-refractivity contribution >= 4 is 24.1 Å². The van der Waals surface area contributed by atoms with Crippen molar-refractivity contribution in [3.05, 3.63) is 187 Å². The average Bonchev–Trinajstić information content (AvgIpc) is 4.36. The fraction of sp³-hybridized carbons (Fsp3) is 0.424. The third-order valence-electron chi connectivity index (χ3n) is 10.7. The average molecular weight is 1150 g/mol. The highest BCUT2D eigenvalue weighted by Crippen LogP contribution is 2.31. The van der Waals surface area contributed by atoms with Gasteiger partial charge in [-0.3, -0.25) is 0 Å². The molecule has 4 aromatic rings. The van der Waals surface area contributed by atoms with Crippen molar-refractivity contribution in [3.63, 3.8) is 0 Å². The first-order valence-electron chi connectivity index (χ1n) is 26.4. The smallest absolute Gasteiger partial charge is 0.332 e. The summed E-state index contributed by atoms with van der Waals surface area (Å²) >= 11 is 0. The van der Waals surface area contributed by atoms with E-state index in [-0.39, 0.29) is 31.2 Å². The van der Waals surface area contributed by atoms with E-state index >= 15 is 0 Å². The van der Waals surface area contributed by atoms with Gasteiger partial charge in [0.2, 0.25) is 0 Å². The number of esters is 2. The third-order valence-corrected chi connectivity index (χ3v) is 10.7. The Morgan fingerprint density at radius 3 is 1.40 bits per heavy atom. The van der Waals surface area contributed by atoms with Crippen LogP contribution in [0.5, 0.6) is 17.2 Å². The molecular weight excluding hydrogens is 1050 g/mol. The predicted octanol–water partition coefficient (Wildman–Crippen LogP) is 12.7. The molecule has 0 aliphatic carbocycles. The predicted molar refractivity (Wildman–Crippen MR) is 332 cm³/mol. The van der Waals surface area contributed by atoms with Gasteiger partial charge in [-0.25, -0.2) is 9.59 Å². The van der Waals surface area contributed by atoms with E-state index in [1.165, 1.54) is 56.4 Å². The summed E-state index contributed by atoms with van der Waals surface area (Å²) in [7, 11) is 11.0. The van der Waals surface area contributed by atoms with Crippen LogP contribution in [0.15, 0.2) is 148 Å². The lowest BCUT2D eigenvalue weighted by Crippen LogP contribution is -2.45. The summed E-state index contributed by atoms with van der Waals surface area (Å²) in [5.74, 6) is 0.460. The molecule has 4 N–H and O–H groups in total. The molecule has 3 aliphatic heterocycles. The van der Waals surface area contributed by atoms with Crippen molar-refractivity contribution in [2.24, 2.45) is 5.41 Å². The summed E-state index contributed by atoms with van der Waals surface area (Å²) in [5.41, 5.74) is 7.39. The summed E-state index contributed by atoms with van der Waals surface area (Å²) in [6.45, 7) is 36.8. The minimum Gasteiger partial charge on any atom is -0.508 e. The molecule has 16 heteroatoms. The van der Waals surface area contributed by atoms with Crippen LogP contribution >= 0.6 is 0 Å². The van der Waals surface area contributed by atoms with Crippen LogP contribution in [-0.4, -0.2) is 134 Å². The molecule has 0 amide bonds. The van der Waals surface area contributed by atoms with Crippen LogP contribution in [-0.2, 0) is 65.4 Å². The van der Waals surface area contributed by atoms with Gasteiger partial charge in [0.05, 0.1) is 80.9 Å². The Hall–Kier alpha value is -6.86. The molecule has 0 bridgehead atoms. The Labute approximate surface area is 491 Å². The van der Waals surface area contributed by atoms with Gasteiger partial charge < -0.3 is 67.8 Å². The first-order chi connectivity index (χ1) is 39.2. The van der Waals surface area contributed by atoms with Crippen molar-refractivity contribution < 1.29 is 77.4 Å². The molecule has 2 unspecified atom stereocenters. The Morgan fingerprint density at radius 2 is 1.18 bits per heavy atom. The maximum Gasteiger partial charge on any atom is 0.332 e. The molecule has 0 saturated carbocycles. The molecule has 2 atom stereocenters. The molecule has 82 heavy (non-hydrogen) atoms. The molecular formula is C66H100O16. The number of aryl methyl sites for hydroxylation is 3. The number of methoxy groups -OCH3 is 7. The fourth-order valence-corrected chi connectivity index (χ4v) is 5.75. The Bertz CT molecular complexity index is 2190. The number of ether oxygens (including phenoxy) is 10. The van der Waals surface area contributed by atoms with Gasteiger partial charge in [0.25, 0.3) is 0 Å². The van der Waals surface area contributed by atoms with Crippen LogP contribution in [0.2, 0.25) is 0 Å². The number of phenols is 2. The number of epoxide rings is 1. The maximum absolute atomic E-state index is 10.2. The summed E-state index contributed by atoms with van der Waals surface area (Å²) in [6, 6.07) is 26.5. The van der Waals surface area contributed by atoms with Gasteiger partial charge in [0, 0.05) is 56.1 Å². The number of hydrogen-bond donors (Lipinski definition) is 4. The lowest BCUT2D eigenvalue weighted by Gasteiger charge is -2.39. The highest BCUT2D eigenvalue weighted by Gasteiger charge is 2.36. The second-order valence-electron chi connectivity index (χ2n) is 17.7. The Kier molecular flexibility index (Phi) is 54.5. The fourth-order valence-electron chi connectivity index (χ4n) is 5.75. The molecule has 4 aromatic carbocycles. The zero-order valence-electron chi connectivity index (χ0n) is 51.5. The van der Waals surface area contributed by atoms with Gasteiger partial charge in [-0.05, 0) is 95.7 Å². The topological polar surface area (TPSA) is 211 Å². The molecule has 3 aliphatic rings. The number of allylic oxidation sites excluding steroid dienone is 1. The Balaban J connectivity index is -0.000000414. The van der Waals surface area contributed by atoms with Gasteiger partial charge in [-0.1, -0.05) is 135 Å². The third kappa shape index (κ3) is 45.8. The van der Waals surface area contributed by atoms with Crippen LogP contribution in [0, 0.1) is 26.2 Å². The van der Waals surface area contributed by atoms with Crippen molar-refractivity contribution in [3.8, 4) is 17.2 Å². The summed E-state index contributed by atoms with van der Waals surface area (Å²) in [6.07, 6.45) is 13.1. The second-order valence-corrected chi connectivity index (χ2v) is 17.7. The number of aliphatic hydroxyl groups excluding tert-OH is 2. The van der Waals surface area contributed by atoms with Gasteiger partial charge in [-0.15, -0.1) is 6.58 Å². The van der Waals surface area contributed by atoms with E-state index in [1.807, 2.05) is 63.2 Å². The van der Waals surface area contributed by atoms with Gasteiger partial charge in [-0.2, -0.15) is 0 Å². The van der Waals surface area contributed by atoms with E-state index in [2.05, 4.69) is 91.8 Å². The van der Waals surface area contributed by atoms with E-state index in [4.69, 9.17) is 48.5 Å². The number of hydrogen-bond acceptors (Lipinski definition) is 16. The molecule has 3 saturated heterocycles. The zero-order valence-corrected chi connectivity index (χ0v) is 51.5. The van der Waals surface area contributed by atoms with E-state index in [0.29, 0.717) is 34.0 Å². The van der Waals surface area contributed by atoms with Crippen LogP contribution in [0.3, 0.4) is 0 Å². The molecule has 0 spiro atoms. The summed E-state index contributed by atoms with van der Waals surface area (Å²) in [5, 5.41) is 35.8. The number of carbonyl (C=O) groups excluding carboxylic acids is 2. The monoisotopic (exact) mass is 1150 g/mol. The van der Waals surface area contributed by atoms with E-state index < -0.39 is 5.97 Å². The maximum atomic E-state index is 10.2. The molecule has 3 fully saturated rings. The van der Waals surface area contributed by atoms with E-state index in [0.717, 1.165) is 69.0 Å². The summed E-state index contributed by atoms with van der Waals surface area (Å²) in [4.78, 5) is 20.0. The Morgan fingerprint density at radius 1 is 0.707 bits per heavy atom. The number of phenolic OH excluding ortho intramolecular Hbond substituents is 1. The van der Waals surface area contributed by atoms with E-state index in [1.54, 1.807) is 78.9 Å². The number of benzene rings is 4. The molecule has 460 valence electrons. The van der Waals surface area contributed by atoms with Crippen molar-refractivity contribution in [1.82, 2.24) is 0 Å². The minimum absolute atomic E-state index is 0.00870. The van der Waals surface area contributed by atoms with Crippen LogP contribution in [0.1, 0.15) is 85.4 Å². The van der Waals surface area contributed by atoms with Gasteiger partial charge in [0.1, 0.15) is 23.4 Å². The number of aliphatic hydroxyl groups is 2. The molecule has 0 aromatic heterocycles. The largest absolute Gasteiger partial charge is 0.508 e. The van der Waals surface area contributed by atoms with Crippen LogP contribution in [0.25, 0.3) is 12.2 Å². The van der Waals surface area contributed by atoms with Crippen LogP contribution in [0.4, 0.5) is 0 Å². The molecule has 7 rings (SSSR count). The molecule has 16 nitrogen and oxygen atoms in total. The zero-order chi connectivity index (χ0) is 63.2. The number of aromatic hydroxyl groups is 2. The molecule has 0 radical (unpaired) electrons. The normalized spacial score (nSPS) is 13.8. The number of rotatable bonds is 14. The van der Waals surface area contributed by atoms with Crippen molar-refractivity contribution in [1.29, 1.82) is 0 Å². The van der Waals surface area contributed by atoms with E-state index in [9.17, 15) is 14.7 Å². The first kappa shape index (κ1) is 81.6. The minimum atomic E-state index is -0.394. The highest BCUT2D eigenvalue weighted by molar-refractivity contribution is 5.86. The van der Waals surface area contributed by atoms with Crippen molar-refractivity contribution in [2.75, 3.05) is 89.4 Å². The number of carbonyl (C=O) groups is 2. The standard InChI is InChI=1S/C9H12O3.C9H10O.C9H10.C7H14O2.C7H8O.C6H12O2.C5H8O2.C4H8O2.C4H6O2.C3H6O.C3H6/c1-6-2-7(4-10)9(12)8(3-6)5-11;1-3-8-4-6-9(10-2)7-5-8;1-3-9-6-4-8(2)5-7-9;1-3-7(4-8-2)5-9-6-7;1-6-2-4-7(8)5-3-6;1-7-6-4-2-3-5-8-6;1-4(2)5(6)7-3;1-5-2-4-3-6-4;1-3-4(5)6-2;1-3-4-2;1-3-2/h2-3,10-12H,4-5H2,1H3;3-7H,1H2,2H3;3-7H,1H2,2H3;3-6H2,1-2H3;2-5,8H,1H3;6H,2-5H2,1H3;1H2,2-3H3;4H,2-3H2,1H3;3H,1H2,2H3;3H,1H2,2H3;3H,1H2,2H3. The first-order valence-corrected chi connectivity index (χ1v) is 26.4. The lowest BCUT2D eigenvalue weighted by atomic mass is 9.84. The molecule has 3 heterocycles. The second kappa shape index (κ2) is 54.7. The van der Waals surface area contributed by atoms with Crippen LogP contribution < -0.4 is 4.74 Å². The van der Waals surface area contributed by atoms with Gasteiger partial charge in [0.15, 0.2) is 6.29 Å².